The molecule has 1 heterocycles. The molecule has 122 valence electrons. The number of rotatable bonds is 7. The molecule has 7 heteroatoms. The van der Waals surface area contributed by atoms with E-state index in [2.05, 4.69) is 15.3 Å². The Hall–Kier alpha value is -2.83. The Kier molecular flexibility index (Phi) is 5.74. The van der Waals surface area contributed by atoms with E-state index in [4.69, 9.17) is 9.47 Å². The topological polar surface area (TPSA) is 93.6 Å². The zero-order valence-electron chi connectivity index (χ0n) is 13.0. The summed E-state index contributed by atoms with van der Waals surface area (Å²) in [6, 6.07) is 8.35. The van der Waals surface area contributed by atoms with Gasteiger partial charge in [0.2, 0.25) is 11.8 Å². The predicted molar refractivity (Wildman–Crippen MR) is 84.4 cm³/mol. The lowest BCUT2D eigenvalue weighted by Gasteiger charge is -2.15. The summed E-state index contributed by atoms with van der Waals surface area (Å²) in [6.45, 7) is 0.320. The van der Waals surface area contributed by atoms with Crippen molar-refractivity contribution < 1.29 is 19.4 Å². The molecule has 0 bridgehead atoms. The number of benzene rings is 1. The normalized spacial score (nSPS) is 11.6. The molecule has 2 N–H and O–H groups in total. The van der Waals surface area contributed by atoms with Crippen LogP contribution in [0.4, 0.5) is 5.95 Å². The molecule has 0 fully saturated rings. The van der Waals surface area contributed by atoms with Crippen molar-refractivity contribution in [1.82, 2.24) is 9.97 Å². The fraction of sp³-hybridized carbons (Fsp3) is 0.312. The Morgan fingerprint density at radius 2 is 2.00 bits per heavy atom. The number of anilines is 1. The van der Waals surface area contributed by atoms with Crippen molar-refractivity contribution in [3.8, 4) is 11.6 Å². The Labute approximate surface area is 134 Å². The van der Waals surface area contributed by atoms with Crippen LogP contribution in [0.3, 0.4) is 0 Å². The molecule has 1 atom stereocenters. The maximum Gasteiger partial charge on any atom is 0.310 e. The second kappa shape index (κ2) is 7.98. The number of hydrogen-bond donors (Lipinski definition) is 2. The first kappa shape index (κ1) is 16.5. The highest BCUT2D eigenvalue weighted by molar-refractivity contribution is 5.73. The van der Waals surface area contributed by atoms with E-state index in [9.17, 15) is 9.90 Å². The quantitative estimate of drug-likeness (QED) is 0.750. The van der Waals surface area contributed by atoms with Gasteiger partial charge in [0.15, 0.2) is 0 Å². The molecule has 0 aliphatic carbocycles. The average Bonchev–Trinajstić information content (AvgIpc) is 2.59. The van der Waals surface area contributed by atoms with E-state index in [1.807, 2.05) is 0 Å². The van der Waals surface area contributed by atoms with Gasteiger partial charge in [-0.3, -0.25) is 4.79 Å². The molecule has 2 aromatic rings. The minimum absolute atomic E-state index is 0.186. The number of esters is 1. The summed E-state index contributed by atoms with van der Waals surface area (Å²) < 4.78 is 9.88. The Morgan fingerprint density at radius 3 is 2.65 bits per heavy atom. The average molecular weight is 317 g/mol. The number of aromatic hydroxyl groups is 1. The number of nitrogens with zero attached hydrogens (tertiary/aromatic N) is 2. The molecular formula is C16H19N3O4. The second-order valence-corrected chi connectivity index (χ2v) is 4.89. The van der Waals surface area contributed by atoms with Gasteiger partial charge < -0.3 is 19.9 Å². The van der Waals surface area contributed by atoms with Crippen LogP contribution >= 0.6 is 0 Å². The van der Waals surface area contributed by atoms with Gasteiger partial charge in [-0.2, -0.15) is 4.98 Å². The van der Waals surface area contributed by atoms with Gasteiger partial charge in [-0.05, 0) is 24.1 Å². The van der Waals surface area contributed by atoms with Crippen LogP contribution in [0.1, 0.15) is 5.56 Å². The second-order valence-electron chi connectivity index (χ2n) is 4.89. The van der Waals surface area contributed by atoms with E-state index < -0.39 is 5.92 Å². The number of methoxy groups -OCH3 is 2. The monoisotopic (exact) mass is 317 g/mol. The molecule has 7 nitrogen and oxygen atoms in total. The standard InChI is InChI=1S/C16H19N3O4/c1-22-14-7-8-17-16(19-14)18-10-12(15(21)23-2)9-11-3-5-13(20)6-4-11/h3-8,12,20H,9-10H2,1-2H3,(H,17,18,19)/t12-/m1/s1. The lowest BCUT2D eigenvalue weighted by atomic mass is 9.99. The van der Waals surface area contributed by atoms with Crippen molar-refractivity contribution >= 4 is 11.9 Å². The summed E-state index contributed by atoms with van der Waals surface area (Å²) in [6.07, 6.45) is 2.05. The van der Waals surface area contributed by atoms with Crippen LogP contribution in [-0.2, 0) is 16.0 Å². The van der Waals surface area contributed by atoms with Gasteiger partial charge in [-0.25, -0.2) is 4.98 Å². The zero-order valence-corrected chi connectivity index (χ0v) is 13.0. The Morgan fingerprint density at radius 1 is 1.26 bits per heavy atom. The molecule has 0 saturated carbocycles. The van der Waals surface area contributed by atoms with Gasteiger partial charge >= 0.3 is 5.97 Å². The van der Waals surface area contributed by atoms with Gasteiger partial charge in [0, 0.05) is 18.8 Å². The van der Waals surface area contributed by atoms with Crippen LogP contribution in [0, 0.1) is 5.92 Å². The number of carbonyl (C=O) groups is 1. The largest absolute Gasteiger partial charge is 0.508 e. The van der Waals surface area contributed by atoms with Crippen molar-refractivity contribution in [3.05, 3.63) is 42.1 Å². The van der Waals surface area contributed by atoms with Gasteiger partial charge in [-0.1, -0.05) is 12.1 Å². The minimum Gasteiger partial charge on any atom is -0.508 e. The van der Waals surface area contributed by atoms with Crippen molar-refractivity contribution in [2.75, 3.05) is 26.1 Å². The first-order valence-electron chi connectivity index (χ1n) is 7.09. The van der Waals surface area contributed by atoms with Crippen LogP contribution in [0.2, 0.25) is 0 Å². The molecule has 0 aliphatic heterocycles. The number of aromatic nitrogens is 2. The van der Waals surface area contributed by atoms with Gasteiger partial charge in [0.1, 0.15) is 5.75 Å². The molecule has 1 aromatic carbocycles. The van der Waals surface area contributed by atoms with E-state index >= 15 is 0 Å². The summed E-state index contributed by atoms with van der Waals surface area (Å²) >= 11 is 0. The summed E-state index contributed by atoms with van der Waals surface area (Å²) in [7, 11) is 2.88. The highest BCUT2D eigenvalue weighted by atomic mass is 16.5. The maximum absolute atomic E-state index is 12.0. The zero-order chi connectivity index (χ0) is 16.7. The third kappa shape index (κ3) is 4.84. The summed E-state index contributed by atoms with van der Waals surface area (Å²) in [4.78, 5) is 20.2. The highest BCUT2D eigenvalue weighted by Crippen LogP contribution is 2.16. The summed E-state index contributed by atoms with van der Waals surface area (Å²) in [5.74, 6) is 0.277. The molecular weight excluding hydrogens is 298 g/mol. The number of ether oxygens (including phenoxy) is 2. The van der Waals surface area contributed by atoms with Crippen molar-refractivity contribution in [2.45, 2.75) is 6.42 Å². The molecule has 0 spiro atoms. The first-order chi connectivity index (χ1) is 11.1. The lowest BCUT2D eigenvalue weighted by Crippen LogP contribution is -2.27. The molecule has 1 aromatic heterocycles. The molecule has 0 aliphatic rings. The third-order valence-corrected chi connectivity index (χ3v) is 3.30. The molecule has 0 saturated heterocycles. The number of nitrogens with one attached hydrogen (secondary N) is 1. The molecule has 0 radical (unpaired) electrons. The Bertz CT molecular complexity index is 646. The van der Waals surface area contributed by atoms with Crippen LogP contribution in [-0.4, -0.2) is 41.8 Å². The fourth-order valence-electron chi connectivity index (χ4n) is 2.08. The minimum atomic E-state index is -0.403. The molecule has 2 rings (SSSR count). The first-order valence-corrected chi connectivity index (χ1v) is 7.09. The van der Waals surface area contributed by atoms with Crippen molar-refractivity contribution in [3.63, 3.8) is 0 Å². The van der Waals surface area contributed by atoms with E-state index in [-0.39, 0.29) is 11.7 Å². The smallest absolute Gasteiger partial charge is 0.310 e. The van der Waals surface area contributed by atoms with Gasteiger partial charge in [0.05, 0.1) is 20.1 Å². The van der Waals surface area contributed by atoms with E-state index in [0.29, 0.717) is 24.8 Å². The number of phenols is 1. The van der Waals surface area contributed by atoms with Gasteiger partial charge in [0.25, 0.3) is 0 Å². The van der Waals surface area contributed by atoms with Crippen LogP contribution < -0.4 is 10.1 Å². The van der Waals surface area contributed by atoms with Crippen LogP contribution in [0.15, 0.2) is 36.5 Å². The van der Waals surface area contributed by atoms with Gasteiger partial charge in [-0.15, -0.1) is 0 Å². The number of carbonyl (C=O) groups excluding carboxylic acids is 1. The SMILES string of the molecule is COC(=O)[C@@H](CNc1nccc(OC)n1)Cc1ccc(O)cc1. The molecule has 0 unspecified atom stereocenters. The van der Waals surface area contributed by atoms with Crippen molar-refractivity contribution in [1.29, 1.82) is 0 Å². The lowest BCUT2D eigenvalue weighted by molar-refractivity contribution is -0.144. The van der Waals surface area contributed by atoms with Crippen molar-refractivity contribution in [2.24, 2.45) is 5.92 Å². The highest BCUT2D eigenvalue weighted by Gasteiger charge is 2.20. The summed E-state index contributed by atoms with van der Waals surface area (Å²) in [5.41, 5.74) is 0.923. The molecule has 0 amide bonds. The fourth-order valence-corrected chi connectivity index (χ4v) is 2.08. The van der Waals surface area contributed by atoms with Crippen LogP contribution in [0.5, 0.6) is 11.6 Å². The van der Waals surface area contributed by atoms with Crippen LogP contribution in [0.25, 0.3) is 0 Å². The van der Waals surface area contributed by atoms with E-state index in [0.717, 1.165) is 5.56 Å². The number of hydrogen-bond acceptors (Lipinski definition) is 7. The van der Waals surface area contributed by atoms with E-state index in [1.54, 1.807) is 36.5 Å². The molecule has 23 heavy (non-hydrogen) atoms. The number of phenolic OH excluding ortho intramolecular Hbond substituents is 1. The maximum atomic E-state index is 12.0. The summed E-state index contributed by atoms with van der Waals surface area (Å²) in [5, 5.41) is 12.3. The van der Waals surface area contributed by atoms with E-state index in [1.165, 1.54) is 14.2 Å². The predicted octanol–water partition coefficient (Wildman–Crippen LogP) is 1.63. The third-order valence-electron chi connectivity index (χ3n) is 3.30. The Balaban J connectivity index is 2.03.